The minimum atomic E-state index is -1.01. The van der Waals surface area contributed by atoms with Gasteiger partial charge >= 0.3 is 6.09 Å². The Morgan fingerprint density at radius 3 is 2.25 bits per heavy atom. The number of amides is 3. The van der Waals surface area contributed by atoms with Gasteiger partial charge in [0.25, 0.3) is 0 Å². The average Bonchev–Trinajstić information content (AvgIpc) is 2.59. The van der Waals surface area contributed by atoms with Gasteiger partial charge in [-0.1, -0.05) is 12.1 Å². The van der Waals surface area contributed by atoms with Gasteiger partial charge in [0.1, 0.15) is 29.7 Å². The van der Waals surface area contributed by atoms with E-state index >= 15 is 0 Å². The van der Waals surface area contributed by atoms with Crippen molar-refractivity contribution in [2.75, 3.05) is 6.54 Å². The van der Waals surface area contributed by atoms with Crippen LogP contribution in [0.2, 0.25) is 0 Å². The summed E-state index contributed by atoms with van der Waals surface area (Å²) in [6.45, 7) is 6.39. The maximum atomic E-state index is 12.6. The van der Waals surface area contributed by atoms with Crippen molar-refractivity contribution in [1.82, 2.24) is 16.0 Å². The Bertz CT molecular complexity index is 697. The van der Waals surface area contributed by atoms with Crippen molar-refractivity contribution in [2.45, 2.75) is 51.8 Å². The highest BCUT2D eigenvalue weighted by Gasteiger charge is 2.27. The molecule has 1 aromatic rings. The molecule has 3 amide bonds. The number of nitrogens with one attached hydrogen (secondary N) is 3. The fraction of sp³-hybridized carbons (Fsp3) is 0.474. The normalized spacial score (nSPS) is 13.0. The van der Waals surface area contributed by atoms with E-state index in [-0.39, 0.29) is 18.7 Å². The molecule has 154 valence electrons. The Morgan fingerprint density at radius 1 is 1.11 bits per heavy atom. The number of rotatable bonds is 8. The maximum Gasteiger partial charge on any atom is 0.408 e. The van der Waals surface area contributed by atoms with Gasteiger partial charge in [-0.05, 0) is 45.4 Å². The first kappa shape index (κ1) is 22.9. The molecule has 0 radical (unpaired) electrons. The van der Waals surface area contributed by atoms with Gasteiger partial charge < -0.3 is 30.6 Å². The molecule has 1 aromatic carbocycles. The number of aromatic hydroxyl groups is 1. The molecule has 9 nitrogen and oxygen atoms in total. The summed E-state index contributed by atoms with van der Waals surface area (Å²) < 4.78 is 5.19. The maximum absolute atomic E-state index is 12.6. The molecule has 0 saturated carbocycles. The number of carbonyl (C=O) groups is 4. The molecular formula is C19H27N3O6. The van der Waals surface area contributed by atoms with Gasteiger partial charge in [0.15, 0.2) is 0 Å². The van der Waals surface area contributed by atoms with Crippen LogP contribution < -0.4 is 16.0 Å². The van der Waals surface area contributed by atoms with Gasteiger partial charge in [-0.2, -0.15) is 0 Å². The van der Waals surface area contributed by atoms with Crippen LogP contribution in [0.3, 0.4) is 0 Å². The Balaban J connectivity index is 2.87. The smallest absolute Gasteiger partial charge is 0.408 e. The third kappa shape index (κ3) is 8.52. The summed E-state index contributed by atoms with van der Waals surface area (Å²) in [5.74, 6) is -1.04. The molecule has 0 unspecified atom stereocenters. The number of alkyl carbamates (subject to hydrolysis) is 1. The van der Waals surface area contributed by atoms with Crippen molar-refractivity contribution in [3.8, 4) is 5.75 Å². The average molecular weight is 393 g/mol. The van der Waals surface area contributed by atoms with Crippen LogP contribution in [-0.4, -0.2) is 53.5 Å². The van der Waals surface area contributed by atoms with E-state index in [9.17, 15) is 24.3 Å². The van der Waals surface area contributed by atoms with Crippen LogP contribution in [0.15, 0.2) is 24.3 Å². The number of phenols is 1. The Hall–Kier alpha value is -3.10. The number of hydrogen-bond donors (Lipinski definition) is 4. The Labute approximate surface area is 163 Å². The van der Waals surface area contributed by atoms with Gasteiger partial charge in [0.2, 0.25) is 11.8 Å². The highest BCUT2D eigenvalue weighted by atomic mass is 16.6. The van der Waals surface area contributed by atoms with Crippen LogP contribution in [0.5, 0.6) is 5.75 Å². The van der Waals surface area contributed by atoms with Crippen LogP contribution in [-0.2, 0) is 25.5 Å². The number of benzene rings is 1. The summed E-state index contributed by atoms with van der Waals surface area (Å²) in [7, 11) is 0. The lowest BCUT2D eigenvalue weighted by Crippen LogP contribution is -2.54. The highest BCUT2D eigenvalue weighted by molar-refractivity contribution is 5.91. The first-order chi connectivity index (χ1) is 13.0. The van der Waals surface area contributed by atoms with Crippen LogP contribution in [0, 0.1) is 0 Å². The van der Waals surface area contributed by atoms with E-state index in [0.717, 1.165) is 0 Å². The molecule has 2 atom stereocenters. The lowest BCUT2D eigenvalue weighted by Gasteiger charge is -2.24. The number of phenolic OH excluding ortho intramolecular Hbond substituents is 1. The standard InChI is InChI=1S/C19H27N3O6/c1-12(16(25)20-9-10-23)21-17(26)15(22-18(27)28-19(2,3)4)11-13-5-7-14(24)8-6-13/h5-8,10,12,15,24H,9,11H2,1-4H3,(H,20,25)(H,21,26)(H,22,27)/t12-,15+/m1/s1. The lowest BCUT2D eigenvalue weighted by molar-refractivity contribution is -0.129. The quantitative estimate of drug-likeness (QED) is 0.479. The molecule has 4 N–H and O–H groups in total. The molecule has 0 aliphatic rings. The molecule has 0 fully saturated rings. The van der Waals surface area contributed by atoms with Gasteiger partial charge in [-0.15, -0.1) is 0 Å². The van der Waals surface area contributed by atoms with Crippen molar-refractivity contribution in [3.05, 3.63) is 29.8 Å². The zero-order valence-corrected chi connectivity index (χ0v) is 16.4. The largest absolute Gasteiger partial charge is 0.508 e. The molecule has 0 bridgehead atoms. The molecule has 0 spiro atoms. The fourth-order valence-electron chi connectivity index (χ4n) is 2.20. The number of aldehydes is 1. The first-order valence-corrected chi connectivity index (χ1v) is 8.81. The first-order valence-electron chi connectivity index (χ1n) is 8.81. The Morgan fingerprint density at radius 2 is 1.71 bits per heavy atom. The number of carbonyl (C=O) groups excluding carboxylic acids is 4. The molecular weight excluding hydrogens is 366 g/mol. The van der Waals surface area contributed by atoms with E-state index in [2.05, 4.69) is 16.0 Å². The van der Waals surface area contributed by atoms with E-state index in [4.69, 9.17) is 4.74 Å². The summed E-state index contributed by atoms with van der Waals surface area (Å²) in [6.07, 6.45) is -0.123. The summed E-state index contributed by atoms with van der Waals surface area (Å²) in [4.78, 5) is 46.9. The van der Waals surface area contributed by atoms with E-state index in [1.165, 1.54) is 19.1 Å². The number of ether oxygens (including phenoxy) is 1. The molecule has 0 heterocycles. The van der Waals surface area contributed by atoms with Crippen LogP contribution in [0.1, 0.15) is 33.3 Å². The van der Waals surface area contributed by atoms with Gasteiger partial charge in [-0.25, -0.2) is 4.79 Å². The van der Waals surface area contributed by atoms with Gasteiger partial charge in [-0.3, -0.25) is 9.59 Å². The minimum Gasteiger partial charge on any atom is -0.508 e. The van der Waals surface area contributed by atoms with Crippen molar-refractivity contribution in [2.24, 2.45) is 0 Å². The fourth-order valence-corrected chi connectivity index (χ4v) is 2.20. The summed E-state index contributed by atoms with van der Waals surface area (Å²) >= 11 is 0. The second-order valence-electron chi connectivity index (χ2n) is 7.21. The zero-order chi connectivity index (χ0) is 21.3. The molecule has 0 aliphatic carbocycles. The van der Waals surface area contributed by atoms with Crippen molar-refractivity contribution in [1.29, 1.82) is 0 Å². The predicted octanol–water partition coefficient (Wildman–Crippen LogP) is 0.648. The molecule has 0 saturated heterocycles. The molecule has 0 aliphatic heterocycles. The summed E-state index contributed by atoms with van der Waals surface area (Å²) in [5.41, 5.74) is -0.0573. The van der Waals surface area contributed by atoms with Crippen LogP contribution >= 0.6 is 0 Å². The van der Waals surface area contributed by atoms with Crippen LogP contribution in [0.25, 0.3) is 0 Å². The molecule has 9 heteroatoms. The van der Waals surface area contributed by atoms with Crippen molar-refractivity contribution < 1.29 is 29.0 Å². The lowest BCUT2D eigenvalue weighted by atomic mass is 10.0. The predicted molar refractivity (Wildman–Crippen MR) is 102 cm³/mol. The monoisotopic (exact) mass is 393 g/mol. The summed E-state index contributed by atoms with van der Waals surface area (Å²) in [5, 5.41) is 16.7. The van der Waals surface area contributed by atoms with E-state index in [0.29, 0.717) is 11.8 Å². The molecule has 28 heavy (non-hydrogen) atoms. The van der Waals surface area contributed by atoms with Crippen molar-refractivity contribution >= 4 is 24.2 Å². The topological polar surface area (TPSA) is 134 Å². The zero-order valence-electron chi connectivity index (χ0n) is 16.4. The van der Waals surface area contributed by atoms with E-state index in [1.54, 1.807) is 32.9 Å². The van der Waals surface area contributed by atoms with E-state index in [1.807, 2.05) is 0 Å². The SMILES string of the molecule is C[C@@H](NC(=O)[C@H](Cc1ccc(O)cc1)NC(=O)OC(C)(C)C)C(=O)NCC=O. The van der Waals surface area contributed by atoms with Gasteiger partial charge in [0.05, 0.1) is 6.54 Å². The third-order valence-electron chi connectivity index (χ3n) is 3.50. The van der Waals surface area contributed by atoms with Crippen LogP contribution in [0.4, 0.5) is 4.79 Å². The Kier molecular flexibility index (Phi) is 8.43. The molecule has 1 rings (SSSR count). The highest BCUT2D eigenvalue weighted by Crippen LogP contribution is 2.12. The summed E-state index contributed by atoms with van der Waals surface area (Å²) in [6, 6.07) is 4.25. The third-order valence-corrected chi connectivity index (χ3v) is 3.50. The second-order valence-corrected chi connectivity index (χ2v) is 7.21. The number of hydrogen-bond acceptors (Lipinski definition) is 6. The van der Waals surface area contributed by atoms with Crippen molar-refractivity contribution in [3.63, 3.8) is 0 Å². The minimum absolute atomic E-state index is 0.0744. The second kappa shape index (κ2) is 10.3. The van der Waals surface area contributed by atoms with Gasteiger partial charge in [0, 0.05) is 6.42 Å². The van der Waals surface area contributed by atoms with E-state index < -0.39 is 35.6 Å². The molecule has 0 aromatic heterocycles.